The first-order chi connectivity index (χ1) is 16.4. The van der Waals surface area contributed by atoms with Crippen LogP contribution >= 0.6 is 0 Å². The van der Waals surface area contributed by atoms with Gasteiger partial charge in [-0.05, 0) is 55.4 Å². The zero-order chi connectivity index (χ0) is 24.1. The van der Waals surface area contributed by atoms with Gasteiger partial charge in [-0.1, -0.05) is 25.1 Å². The summed E-state index contributed by atoms with van der Waals surface area (Å²) in [5.41, 5.74) is 3.91. The van der Waals surface area contributed by atoms with Crippen LogP contribution in [0.3, 0.4) is 0 Å². The Morgan fingerprint density at radius 1 is 1.24 bits per heavy atom. The number of esters is 1. The van der Waals surface area contributed by atoms with Crippen LogP contribution in [0, 0.1) is 5.41 Å². The number of aromatic nitrogens is 2. The summed E-state index contributed by atoms with van der Waals surface area (Å²) >= 11 is 0. The van der Waals surface area contributed by atoms with E-state index in [9.17, 15) is 4.79 Å². The molecule has 0 radical (unpaired) electrons. The summed E-state index contributed by atoms with van der Waals surface area (Å²) < 4.78 is 12.6. The molecule has 0 amide bonds. The molecule has 1 unspecified atom stereocenters. The minimum Gasteiger partial charge on any atom is -0.497 e. The van der Waals surface area contributed by atoms with Crippen molar-refractivity contribution < 1.29 is 14.3 Å². The summed E-state index contributed by atoms with van der Waals surface area (Å²) in [4.78, 5) is 19.0. The van der Waals surface area contributed by atoms with Crippen molar-refractivity contribution in [3.05, 3.63) is 89.6 Å². The van der Waals surface area contributed by atoms with Gasteiger partial charge < -0.3 is 18.9 Å². The number of allylic oxidation sites excluding steroid dienone is 3. The van der Waals surface area contributed by atoms with Gasteiger partial charge in [0.1, 0.15) is 5.76 Å². The van der Waals surface area contributed by atoms with Gasteiger partial charge in [0, 0.05) is 60.5 Å². The van der Waals surface area contributed by atoms with Gasteiger partial charge in [-0.2, -0.15) is 0 Å². The Bertz CT molecular complexity index is 1210. The Kier molecular flexibility index (Phi) is 7.17. The van der Waals surface area contributed by atoms with E-state index >= 15 is 0 Å². The van der Waals surface area contributed by atoms with E-state index in [-0.39, 0.29) is 11.4 Å². The molecule has 6 heteroatoms. The van der Waals surface area contributed by atoms with Crippen LogP contribution in [0.2, 0.25) is 0 Å². The predicted molar refractivity (Wildman–Crippen MR) is 135 cm³/mol. The second kappa shape index (κ2) is 10.3. The topological polar surface area (TPSA) is 56.6 Å². The molecule has 6 nitrogen and oxygen atoms in total. The number of carbonyl (C=O) groups is 1. The number of fused-ring (bicyclic) bond motifs is 1. The molecule has 0 spiro atoms. The second-order valence-corrected chi connectivity index (χ2v) is 9.32. The van der Waals surface area contributed by atoms with Crippen LogP contribution in [0.25, 0.3) is 10.9 Å². The van der Waals surface area contributed by atoms with Crippen LogP contribution in [0.5, 0.6) is 0 Å². The lowest BCUT2D eigenvalue weighted by Crippen LogP contribution is -2.22. The third-order valence-electron chi connectivity index (χ3n) is 6.49. The first-order valence-electron chi connectivity index (χ1n) is 11.6. The average Bonchev–Trinajstić information content (AvgIpc) is 3.18. The summed E-state index contributed by atoms with van der Waals surface area (Å²) in [7, 11) is 5.25. The Balaban J connectivity index is 1.60. The van der Waals surface area contributed by atoms with Crippen molar-refractivity contribution in [3.63, 3.8) is 0 Å². The molecule has 0 saturated carbocycles. The highest BCUT2D eigenvalue weighted by Crippen LogP contribution is 2.34. The smallest absolute Gasteiger partial charge is 0.337 e. The fraction of sp³-hybridized carbons (Fsp3) is 0.357. The van der Waals surface area contributed by atoms with Gasteiger partial charge in [0.25, 0.3) is 0 Å². The third kappa shape index (κ3) is 5.39. The molecule has 1 aliphatic carbocycles. The summed E-state index contributed by atoms with van der Waals surface area (Å²) in [6, 6.07) is 11.9. The monoisotopic (exact) mass is 459 g/mol. The number of nitrogens with zero attached hydrogens (tertiary/aromatic N) is 3. The van der Waals surface area contributed by atoms with Crippen LogP contribution < -0.4 is 0 Å². The molecule has 2 heterocycles. The highest BCUT2D eigenvalue weighted by molar-refractivity contribution is 5.95. The highest BCUT2D eigenvalue weighted by atomic mass is 16.5. The molecule has 0 saturated heterocycles. The Hall–Kier alpha value is -3.38. The quantitative estimate of drug-likeness (QED) is 0.422. The summed E-state index contributed by atoms with van der Waals surface area (Å²) in [5, 5.41) is 1.16. The zero-order valence-corrected chi connectivity index (χ0v) is 20.5. The van der Waals surface area contributed by atoms with E-state index in [0.717, 1.165) is 54.8 Å². The molecule has 3 aromatic rings. The fourth-order valence-electron chi connectivity index (χ4n) is 4.50. The van der Waals surface area contributed by atoms with Gasteiger partial charge in [-0.25, -0.2) is 4.79 Å². The molecule has 1 aliphatic rings. The van der Waals surface area contributed by atoms with E-state index in [2.05, 4.69) is 52.8 Å². The molecule has 34 heavy (non-hydrogen) atoms. The van der Waals surface area contributed by atoms with E-state index in [1.165, 1.54) is 12.7 Å². The van der Waals surface area contributed by atoms with Crippen LogP contribution in [0.15, 0.2) is 72.8 Å². The lowest BCUT2D eigenvalue weighted by Gasteiger charge is -2.28. The SMILES string of the molecule is COC(=O)c1ccc2c(CN(C)CCc3ccccn3)cn(CC3(C)C=CC(OC)=CC3)c2c1. The van der Waals surface area contributed by atoms with Crippen molar-refractivity contribution in [1.82, 2.24) is 14.5 Å². The Morgan fingerprint density at radius 3 is 2.76 bits per heavy atom. The van der Waals surface area contributed by atoms with E-state index in [0.29, 0.717) is 5.56 Å². The van der Waals surface area contributed by atoms with Gasteiger partial charge in [0.15, 0.2) is 0 Å². The van der Waals surface area contributed by atoms with Crippen molar-refractivity contribution >= 4 is 16.9 Å². The number of likely N-dealkylation sites (N-methyl/N-ethyl adjacent to an activating group) is 1. The van der Waals surface area contributed by atoms with Crippen LogP contribution in [0.1, 0.15) is 35.0 Å². The van der Waals surface area contributed by atoms with E-state index in [4.69, 9.17) is 9.47 Å². The van der Waals surface area contributed by atoms with Crippen molar-refractivity contribution in [1.29, 1.82) is 0 Å². The molecule has 0 N–H and O–H groups in total. The van der Waals surface area contributed by atoms with Gasteiger partial charge in [0.05, 0.1) is 19.8 Å². The largest absolute Gasteiger partial charge is 0.497 e. The normalized spacial score (nSPS) is 17.7. The first-order valence-corrected chi connectivity index (χ1v) is 11.6. The van der Waals surface area contributed by atoms with Crippen molar-refractivity contribution in [3.8, 4) is 0 Å². The van der Waals surface area contributed by atoms with Gasteiger partial charge in [0.2, 0.25) is 0 Å². The van der Waals surface area contributed by atoms with Gasteiger partial charge >= 0.3 is 5.97 Å². The second-order valence-electron chi connectivity index (χ2n) is 9.32. The predicted octanol–water partition coefficient (Wildman–Crippen LogP) is 4.99. The van der Waals surface area contributed by atoms with Gasteiger partial charge in [-0.3, -0.25) is 4.98 Å². The lowest BCUT2D eigenvalue weighted by atomic mass is 9.83. The maximum Gasteiger partial charge on any atom is 0.337 e. The lowest BCUT2D eigenvalue weighted by molar-refractivity contribution is 0.0601. The van der Waals surface area contributed by atoms with Crippen molar-refractivity contribution in [2.24, 2.45) is 5.41 Å². The van der Waals surface area contributed by atoms with Crippen molar-refractivity contribution in [2.45, 2.75) is 32.9 Å². The third-order valence-corrected chi connectivity index (χ3v) is 6.49. The molecular weight excluding hydrogens is 426 g/mol. The molecular formula is C28H33N3O3. The maximum absolute atomic E-state index is 12.2. The molecule has 1 atom stereocenters. The molecule has 0 fully saturated rings. The fourth-order valence-corrected chi connectivity index (χ4v) is 4.50. The van der Waals surface area contributed by atoms with E-state index < -0.39 is 0 Å². The summed E-state index contributed by atoms with van der Waals surface area (Å²) in [6.45, 7) is 4.78. The van der Waals surface area contributed by atoms with Gasteiger partial charge in [-0.15, -0.1) is 0 Å². The molecule has 0 bridgehead atoms. The molecule has 1 aromatic carbocycles. The summed E-state index contributed by atoms with van der Waals surface area (Å²) in [6.07, 6.45) is 12.3. The maximum atomic E-state index is 12.2. The number of methoxy groups -OCH3 is 2. The average molecular weight is 460 g/mol. The number of hydrogen-bond donors (Lipinski definition) is 0. The number of carbonyl (C=O) groups excluding carboxylic acids is 1. The minimum atomic E-state index is -0.319. The van der Waals surface area contributed by atoms with Crippen LogP contribution in [-0.2, 0) is 29.0 Å². The first kappa shape index (κ1) is 23.8. The van der Waals surface area contributed by atoms with Crippen molar-refractivity contribution in [2.75, 3.05) is 27.8 Å². The zero-order valence-electron chi connectivity index (χ0n) is 20.5. The summed E-state index contributed by atoms with van der Waals surface area (Å²) in [5.74, 6) is 0.582. The van der Waals surface area contributed by atoms with E-state index in [1.54, 1.807) is 7.11 Å². The molecule has 4 rings (SSSR count). The molecule has 178 valence electrons. The van der Waals surface area contributed by atoms with Crippen LogP contribution in [0.4, 0.5) is 0 Å². The standard InChI is InChI=1S/C28H33N3O3/c1-28(13-10-24(33-3)11-14-28)20-31-19-22(18-30(2)16-12-23-7-5-6-15-29-23)25-9-8-21(17-26(25)31)27(32)34-4/h5-11,13,15,17,19H,12,14,16,18,20H2,1-4H3. The number of ether oxygens (including phenoxy) is 2. The van der Waals surface area contributed by atoms with Crippen LogP contribution in [-0.4, -0.2) is 48.2 Å². The molecule has 0 aliphatic heterocycles. The number of pyridine rings is 1. The number of rotatable bonds is 9. The highest BCUT2D eigenvalue weighted by Gasteiger charge is 2.25. The number of benzene rings is 1. The Morgan fingerprint density at radius 2 is 2.09 bits per heavy atom. The van der Waals surface area contributed by atoms with E-state index in [1.807, 2.05) is 42.6 Å². The number of hydrogen-bond acceptors (Lipinski definition) is 5. The Labute approximate surface area is 201 Å². The minimum absolute atomic E-state index is 0.0442. The molecule has 2 aromatic heterocycles.